The van der Waals surface area contributed by atoms with Gasteiger partial charge in [0, 0.05) is 21.8 Å². The Kier molecular flexibility index (Phi) is 3.75. The Morgan fingerprint density at radius 1 is 1.56 bits per heavy atom. The number of aryl methyl sites for hydroxylation is 1. The van der Waals surface area contributed by atoms with Crippen molar-refractivity contribution >= 4 is 43.2 Å². The fourth-order valence-corrected chi connectivity index (χ4v) is 3.48. The van der Waals surface area contributed by atoms with E-state index >= 15 is 0 Å². The molecule has 3 N–H and O–H groups in total. The van der Waals surface area contributed by atoms with E-state index in [2.05, 4.69) is 47.6 Å². The first kappa shape index (κ1) is 12.2. The lowest BCUT2D eigenvalue weighted by Crippen LogP contribution is -2.30. The highest BCUT2D eigenvalue weighted by Crippen LogP contribution is 2.31. The molecule has 0 aliphatic heterocycles. The number of aromatic nitrogens is 3. The van der Waals surface area contributed by atoms with Crippen LogP contribution in [0.15, 0.2) is 20.5 Å². The number of nitrogens with one attached hydrogen (secondary N) is 1. The molecule has 0 aliphatic carbocycles. The summed E-state index contributed by atoms with van der Waals surface area (Å²) in [6.45, 7) is 0. The Bertz CT molecular complexity index is 475. The second kappa shape index (κ2) is 4.92. The second-order valence-corrected chi connectivity index (χ2v) is 5.77. The number of nitrogens with zero attached hydrogens (tertiary/aromatic N) is 3. The zero-order valence-electron chi connectivity index (χ0n) is 8.32. The Morgan fingerprint density at radius 3 is 2.75 bits per heavy atom. The van der Waals surface area contributed by atoms with Gasteiger partial charge in [0.1, 0.15) is 0 Å². The summed E-state index contributed by atoms with van der Waals surface area (Å²) in [4.78, 5) is 1.10. The minimum Gasteiger partial charge on any atom is -0.270 e. The van der Waals surface area contributed by atoms with Gasteiger partial charge >= 0.3 is 0 Å². The van der Waals surface area contributed by atoms with Gasteiger partial charge in [0.05, 0.1) is 11.7 Å². The van der Waals surface area contributed by atoms with Crippen LogP contribution in [0.4, 0.5) is 0 Å². The molecule has 8 heteroatoms. The summed E-state index contributed by atoms with van der Waals surface area (Å²) in [6.07, 6.45) is 0. The van der Waals surface area contributed by atoms with E-state index < -0.39 is 0 Å². The molecular weight excluding hydrogens is 358 g/mol. The van der Waals surface area contributed by atoms with Gasteiger partial charge in [-0.2, -0.15) is 0 Å². The van der Waals surface area contributed by atoms with Crippen LogP contribution < -0.4 is 11.3 Å². The van der Waals surface area contributed by atoms with Gasteiger partial charge in [-0.05, 0) is 37.9 Å². The molecule has 2 aromatic rings. The standard InChI is InChI=1S/C8H9Br2N5S/c1-15-7(8(10)13-14-15)6(12-11)5-2-4(9)3-16-5/h2-3,6,12H,11H2,1H3. The minimum absolute atomic E-state index is 0.120. The normalized spacial score (nSPS) is 13.0. The van der Waals surface area contributed by atoms with Crippen LogP contribution in [-0.4, -0.2) is 15.0 Å². The predicted octanol–water partition coefficient (Wildman–Crippen LogP) is 1.95. The largest absolute Gasteiger partial charge is 0.270 e. The van der Waals surface area contributed by atoms with Crippen LogP contribution in [0.2, 0.25) is 0 Å². The zero-order chi connectivity index (χ0) is 11.7. The highest BCUT2D eigenvalue weighted by molar-refractivity contribution is 9.10. The van der Waals surface area contributed by atoms with Gasteiger partial charge in [-0.25, -0.2) is 10.1 Å². The topological polar surface area (TPSA) is 68.8 Å². The van der Waals surface area contributed by atoms with E-state index in [0.29, 0.717) is 4.60 Å². The molecule has 2 aromatic heterocycles. The minimum atomic E-state index is -0.120. The summed E-state index contributed by atoms with van der Waals surface area (Å²) in [5.41, 5.74) is 3.67. The maximum absolute atomic E-state index is 5.59. The van der Waals surface area contributed by atoms with Crippen molar-refractivity contribution in [1.29, 1.82) is 0 Å². The first-order valence-corrected chi connectivity index (χ1v) is 6.85. The van der Waals surface area contributed by atoms with Crippen LogP contribution in [0.5, 0.6) is 0 Å². The quantitative estimate of drug-likeness (QED) is 0.643. The van der Waals surface area contributed by atoms with Crippen LogP contribution in [0, 0.1) is 0 Å². The molecule has 5 nitrogen and oxygen atoms in total. The molecule has 1 atom stereocenters. The number of nitrogens with two attached hydrogens (primary N) is 1. The average Bonchev–Trinajstić information content (AvgIpc) is 2.80. The molecule has 16 heavy (non-hydrogen) atoms. The lowest BCUT2D eigenvalue weighted by atomic mass is 10.2. The monoisotopic (exact) mass is 365 g/mol. The summed E-state index contributed by atoms with van der Waals surface area (Å²) in [5, 5.41) is 9.89. The van der Waals surface area contributed by atoms with E-state index in [4.69, 9.17) is 5.84 Å². The summed E-state index contributed by atoms with van der Waals surface area (Å²) in [6, 6.07) is 1.90. The molecule has 0 amide bonds. The zero-order valence-corrected chi connectivity index (χ0v) is 12.3. The SMILES string of the molecule is Cn1nnc(Br)c1C(NN)c1cc(Br)cs1. The summed E-state index contributed by atoms with van der Waals surface area (Å²) >= 11 is 8.41. The van der Waals surface area contributed by atoms with Gasteiger partial charge in [-0.3, -0.25) is 5.84 Å². The van der Waals surface area contributed by atoms with Crippen molar-refractivity contribution in [2.45, 2.75) is 6.04 Å². The summed E-state index contributed by atoms with van der Waals surface area (Å²) < 4.78 is 3.43. The van der Waals surface area contributed by atoms with Crippen molar-refractivity contribution in [3.8, 4) is 0 Å². The third-order valence-corrected chi connectivity index (χ3v) is 4.46. The number of rotatable bonds is 3. The molecule has 0 spiro atoms. The molecule has 0 aromatic carbocycles. The van der Waals surface area contributed by atoms with Crippen molar-refractivity contribution in [2.75, 3.05) is 0 Å². The predicted molar refractivity (Wildman–Crippen MR) is 69.9 cm³/mol. The number of thiophene rings is 1. The first-order valence-electron chi connectivity index (χ1n) is 4.38. The molecule has 0 bridgehead atoms. The van der Waals surface area contributed by atoms with Gasteiger partial charge in [-0.15, -0.1) is 16.4 Å². The van der Waals surface area contributed by atoms with Crippen molar-refractivity contribution in [1.82, 2.24) is 20.4 Å². The number of hydrogen-bond acceptors (Lipinski definition) is 5. The van der Waals surface area contributed by atoms with Gasteiger partial charge in [0.2, 0.25) is 0 Å². The van der Waals surface area contributed by atoms with E-state index in [1.54, 1.807) is 16.0 Å². The van der Waals surface area contributed by atoms with Gasteiger partial charge in [0.15, 0.2) is 4.60 Å². The summed E-state index contributed by atoms with van der Waals surface area (Å²) in [5.74, 6) is 5.59. The number of hydrogen-bond donors (Lipinski definition) is 2. The maximum Gasteiger partial charge on any atom is 0.153 e. The van der Waals surface area contributed by atoms with E-state index in [1.165, 1.54) is 0 Å². The first-order chi connectivity index (χ1) is 7.63. The highest BCUT2D eigenvalue weighted by Gasteiger charge is 2.22. The van der Waals surface area contributed by atoms with Gasteiger partial charge in [-0.1, -0.05) is 5.21 Å². The van der Waals surface area contributed by atoms with Crippen molar-refractivity contribution in [3.63, 3.8) is 0 Å². The Morgan fingerprint density at radius 2 is 2.31 bits per heavy atom. The fourth-order valence-electron chi connectivity index (χ4n) is 1.42. The number of halogens is 2. The average molecular weight is 367 g/mol. The molecule has 2 heterocycles. The molecule has 0 fully saturated rings. The van der Waals surface area contributed by atoms with Crippen LogP contribution in [0.25, 0.3) is 0 Å². The lowest BCUT2D eigenvalue weighted by Gasteiger charge is -2.14. The Balaban J connectivity index is 2.44. The molecule has 0 saturated heterocycles. The molecule has 0 aliphatic rings. The molecule has 1 unspecified atom stereocenters. The van der Waals surface area contributed by atoms with Crippen LogP contribution in [0.1, 0.15) is 16.6 Å². The third kappa shape index (κ3) is 2.21. The van der Waals surface area contributed by atoms with Gasteiger partial charge in [0.25, 0.3) is 0 Å². The Labute approximate surface area is 113 Å². The fraction of sp³-hybridized carbons (Fsp3) is 0.250. The molecule has 0 saturated carbocycles. The van der Waals surface area contributed by atoms with E-state index in [-0.39, 0.29) is 6.04 Å². The lowest BCUT2D eigenvalue weighted by molar-refractivity contribution is 0.575. The van der Waals surface area contributed by atoms with E-state index in [9.17, 15) is 0 Å². The van der Waals surface area contributed by atoms with Crippen LogP contribution >= 0.6 is 43.2 Å². The second-order valence-electron chi connectivity index (χ2n) is 3.16. The van der Waals surface area contributed by atoms with Crippen molar-refractivity contribution in [2.24, 2.45) is 12.9 Å². The molecular formula is C8H9Br2N5S. The highest BCUT2D eigenvalue weighted by atomic mass is 79.9. The van der Waals surface area contributed by atoms with Crippen molar-refractivity contribution in [3.05, 3.63) is 31.1 Å². The molecule has 0 radical (unpaired) electrons. The Hall–Kier alpha value is -0.280. The molecule has 86 valence electrons. The number of hydrazine groups is 1. The maximum atomic E-state index is 5.59. The van der Waals surface area contributed by atoms with E-state index in [0.717, 1.165) is 15.0 Å². The molecule has 2 rings (SSSR count). The van der Waals surface area contributed by atoms with Gasteiger partial charge < -0.3 is 0 Å². The van der Waals surface area contributed by atoms with Crippen LogP contribution in [0.3, 0.4) is 0 Å². The smallest absolute Gasteiger partial charge is 0.153 e. The third-order valence-electron chi connectivity index (χ3n) is 2.14. The van der Waals surface area contributed by atoms with Crippen molar-refractivity contribution < 1.29 is 0 Å². The van der Waals surface area contributed by atoms with E-state index in [1.807, 2.05) is 18.5 Å². The summed E-state index contributed by atoms with van der Waals surface area (Å²) in [7, 11) is 1.83. The van der Waals surface area contributed by atoms with Crippen LogP contribution in [-0.2, 0) is 7.05 Å².